The first kappa shape index (κ1) is 20.0. The lowest BCUT2D eigenvalue weighted by Crippen LogP contribution is -1.98. The van der Waals surface area contributed by atoms with Crippen molar-refractivity contribution in [2.24, 2.45) is 5.73 Å². The van der Waals surface area contributed by atoms with Crippen LogP contribution in [0.15, 0.2) is 72.9 Å². The van der Waals surface area contributed by atoms with Crippen LogP contribution in [-0.2, 0) is 13.0 Å². The van der Waals surface area contributed by atoms with E-state index in [1.54, 1.807) is 6.20 Å². The normalized spacial score (nSPS) is 11.2. The number of H-pyrrole nitrogens is 1. The summed E-state index contributed by atoms with van der Waals surface area (Å²) >= 11 is 0. The number of aromatic nitrogens is 5. The van der Waals surface area contributed by atoms with Gasteiger partial charge in [0.25, 0.3) is 0 Å². The molecule has 0 aliphatic carbocycles. The molecule has 0 unspecified atom stereocenters. The summed E-state index contributed by atoms with van der Waals surface area (Å²) in [5, 5.41) is 21.3. The first-order chi connectivity index (χ1) is 15.8. The molecule has 0 amide bonds. The fraction of sp³-hybridized carbons (Fsp3) is 0.120. The molecule has 0 radical (unpaired) electrons. The molecule has 32 heavy (non-hydrogen) atoms. The molecule has 7 nitrogen and oxygen atoms in total. The van der Waals surface area contributed by atoms with Crippen molar-refractivity contribution >= 4 is 10.9 Å². The molecule has 5 rings (SSSR count). The van der Waals surface area contributed by atoms with Gasteiger partial charge in [0.15, 0.2) is 0 Å². The monoisotopic (exact) mass is 422 g/mol. The summed E-state index contributed by atoms with van der Waals surface area (Å²) < 4.78 is 0. The van der Waals surface area contributed by atoms with Crippen LogP contribution >= 0.6 is 0 Å². The standard InChI is InChI=1S/C25H22N6O/c26-15-16-6-8-18(9-7-16)23-19(17-4-2-1-3-5-17)14-20-21(28-23)10-12-27-24(20)25-22(11-13-32)29-31-30-25/h1-10,12,14,32H,11,13,15,26H2,(H,29,30,31). The molecular formula is C25H22N6O. The van der Waals surface area contributed by atoms with Gasteiger partial charge in [0, 0.05) is 42.3 Å². The Hall–Kier alpha value is -3.94. The van der Waals surface area contributed by atoms with Crippen LogP contribution in [0.3, 0.4) is 0 Å². The van der Waals surface area contributed by atoms with Gasteiger partial charge in [-0.25, -0.2) is 4.98 Å². The lowest BCUT2D eigenvalue weighted by atomic mass is 9.96. The zero-order chi connectivity index (χ0) is 21.9. The van der Waals surface area contributed by atoms with E-state index in [1.807, 2.05) is 36.4 Å². The second-order valence-electron chi connectivity index (χ2n) is 7.49. The van der Waals surface area contributed by atoms with Crippen molar-refractivity contribution in [1.29, 1.82) is 0 Å². The highest BCUT2D eigenvalue weighted by atomic mass is 16.3. The molecule has 0 saturated carbocycles. The number of aromatic amines is 1. The maximum Gasteiger partial charge on any atom is 0.135 e. The Labute approximate surface area is 185 Å². The quantitative estimate of drug-likeness (QED) is 0.384. The number of aliphatic hydroxyl groups excluding tert-OH is 1. The second-order valence-corrected chi connectivity index (χ2v) is 7.49. The number of nitrogens with one attached hydrogen (secondary N) is 1. The number of nitrogens with zero attached hydrogens (tertiary/aromatic N) is 4. The van der Waals surface area contributed by atoms with Gasteiger partial charge < -0.3 is 10.8 Å². The van der Waals surface area contributed by atoms with E-state index in [1.165, 1.54) is 0 Å². The molecule has 0 bridgehead atoms. The number of nitrogens with two attached hydrogens (primary N) is 1. The molecule has 3 aromatic heterocycles. The van der Waals surface area contributed by atoms with E-state index in [0.717, 1.165) is 44.5 Å². The first-order valence-corrected chi connectivity index (χ1v) is 10.4. The van der Waals surface area contributed by atoms with Gasteiger partial charge in [-0.05, 0) is 23.3 Å². The summed E-state index contributed by atoms with van der Waals surface area (Å²) in [7, 11) is 0. The summed E-state index contributed by atoms with van der Waals surface area (Å²) in [6, 6.07) is 22.4. The average molecular weight is 422 g/mol. The minimum absolute atomic E-state index is 0.00189. The third-order valence-electron chi connectivity index (χ3n) is 5.50. The number of aliphatic hydroxyl groups is 1. The molecule has 7 heteroatoms. The third-order valence-corrected chi connectivity index (χ3v) is 5.50. The fourth-order valence-corrected chi connectivity index (χ4v) is 3.87. The van der Waals surface area contributed by atoms with Crippen LogP contribution < -0.4 is 5.73 Å². The highest BCUT2D eigenvalue weighted by molar-refractivity contribution is 5.98. The van der Waals surface area contributed by atoms with Crippen molar-refractivity contribution in [3.8, 4) is 33.8 Å². The Kier molecular flexibility index (Phi) is 5.41. The van der Waals surface area contributed by atoms with Crippen molar-refractivity contribution < 1.29 is 5.11 Å². The Morgan fingerprint density at radius 3 is 2.44 bits per heavy atom. The van der Waals surface area contributed by atoms with E-state index in [4.69, 9.17) is 10.7 Å². The molecule has 0 saturated heterocycles. The van der Waals surface area contributed by atoms with Crippen LogP contribution in [0.5, 0.6) is 0 Å². The fourth-order valence-electron chi connectivity index (χ4n) is 3.87. The first-order valence-electron chi connectivity index (χ1n) is 10.4. The van der Waals surface area contributed by atoms with Crippen molar-refractivity contribution in [3.05, 3.63) is 84.2 Å². The van der Waals surface area contributed by atoms with Crippen LogP contribution in [0.1, 0.15) is 11.3 Å². The van der Waals surface area contributed by atoms with E-state index >= 15 is 0 Å². The van der Waals surface area contributed by atoms with Gasteiger partial charge in [0.2, 0.25) is 0 Å². The van der Waals surface area contributed by atoms with Gasteiger partial charge in [0.05, 0.1) is 16.9 Å². The molecule has 0 spiro atoms. The summed E-state index contributed by atoms with van der Waals surface area (Å²) in [4.78, 5) is 9.64. The second kappa shape index (κ2) is 8.66. The molecule has 5 aromatic rings. The van der Waals surface area contributed by atoms with E-state index < -0.39 is 0 Å². The number of hydrogen-bond donors (Lipinski definition) is 3. The molecule has 0 aliphatic heterocycles. The maximum atomic E-state index is 9.40. The van der Waals surface area contributed by atoms with Gasteiger partial charge >= 0.3 is 0 Å². The van der Waals surface area contributed by atoms with E-state index in [-0.39, 0.29) is 6.61 Å². The number of benzene rings is 2. The highest BCUT2D eigenvalue weighted by Gasteiger charge is 2.18. The number of rotatable bonds is 6. The Balaban J connectivity index is 1.77. The van der Waals surface area contributed by atoms with E-state index in [9.17, 15) is 5.11 Å². The molecule has 0 aliphatic rings. The molecular weight excluding hydrogens is 400 g/mol. The molecule has 0 fully saturated rings. The van der Waals surface area contributed by atoms with Crippen LogP contribution in [0.2, 0.25) is 0 Å². The molecule has 0 atom stereocenters. The van der Waals surface area contributed by atoms with Gasteiger partial charge in [0.1, 0.15) is 11.4 Å². The highest BCUT2D eigenvalue weighted by Crippen LogP contribution is 2.36. The molecule has 4 N–H and O–H groups in total. The molecule has 3 heterocycles. The van der Waals surface area contributed by atoms with Crippen LogP contribution in [0.4, 0.5) is 0 Å². The average Bonchev–Trinajstić information content (AvgIpc) is 3.32. The lowest BCUT2D eigenvalue weighted by molar-refractivity contribution is 0.298. The Morgan fingerprint density at radius 1 is 0.875 bits per heavy atom. The minimum atomic E-state index is -0.00189. The predicted molar refractivity (Wildman–Crippen MR) is 124 cm³/mol. The van der Waals surface area contributed by atoms with Crippen molar-refractivity contribution in [3.63, 3.8) is 0 Å². The minimum Gasteiger partial charge on any atom is -0.396 e. The smallest absolute Gasteiger partial charge is 0.135 e. The third kappa shape index (κ3) is 3.64. The van der Waals surface area contributed by atoms with E-state index in [2.05, 4.69) is 50.7 Å². The zero-order valence-corrected chi connectivity index (χ0v) is 17.4. The topological polar surface area (TPSA) is 114 Å². The van der Waals surface area contributed by atoms with Gasteiger partial charge in [-0.3, -0.25) is 10.1 Å². The van der Waals surface area contributed by atoms with Gasteiger partial charge in [-0.15, -0.1) is 5.10 Å². The summed E-state index contributed by atoms with van der Waals surface area (Å²) in [6.45, 7) is 0.498. The Morgan fingerprint density at radius 2 is 1.69 bits per heavy atom. The van der Waals surface area contributed by atoms with Crippen molar-refractivity contribution in [2.45, 2.75) is 13.0 Å². The summed E-state index contributed by atoms with van der Waals surface area (Å²) in [5.41, 5.74) is 13.7. The summed E-state index contributed by atoms with van der Waals surface area (Å²) in [5.74, 6) is 0. The largest absolute Gasteiger partial charge is 0.396 e. The van der Waals surface area contributed by atoms with E-state index in [0.29, 0.717) is 24.4 Å². The number of pyridine rings is 2. The zero-order valence-electron chi connectivity index (χ0n) is 17.4. The molecule has 2 aromatic carbocycles. The van der Waals surface area contributed by atoms with Gasteiger partial charge in [-0.1, -0.05) is 59.8 Å². The predicted octanol–water partition coefficient (Wildman–Crippen LogP) is 3.74. The van der Waals surface area contributed by atoms with Crippen LogP contribution in [0, 0.1) is 0 Å². The number of fused-ring (bicyclic) bond motifs is 1. The summed E-state index contributed by atoms with van der Waals surface area (Å²) in [6.07, 6.45) is 2.15. The lowest BCUT2D eigenvalue weighted by Gasteiger charge is -2.13. The Bertz CT molecular complexity index is 1360. The molecule has 158 valence electrons. The maximum absolute atomic E-state index is 9.40. The van der Waals surface area contributed by atoms with Crippen LogP contribution in [0.25, 0.3) is 44.7 Å². The van der Waals surface area contributed by atoms with Crippen molar-refractivity contribution in [1.82, 2.24) is 25.4 Å². The number of hydrogen-bond acceptors (Lipinski definition) is 6. The SMILES string of the molecule is NCc1ccc(-c2nc3ccnc(-c4nn[nH]c4CCO)c3cc2-c2ccccc2)cc1. The van der Waals surface area contributed by atoms with Crippen molar-refractivity contribution in [2.75, 3.05) is 6.61 Å². The van der Waals surface area contributed by atoms with Crippen LogP contribution in [-0.4, -0.2) is 37.1 Å². The van der Waals surface area contributed by atoms with Gasteiger partial charge in [-0.2, -0.15) is 0 Å².